The van der Waals surface area contributed by atoms with E-state index in [1.165, 1.54) is 25.7 Å². The number of halogens is 1. The first-order valence-corrected chi connectivity index (χ1v) is 12.4. The Morgan fingerprint density at radius 2 is 2.00 bits per heavy atom. The molecule has 2 aromatic heterocycles. The lowest BCUT2D eigenvalue weighted by molar-refractivity contribution is -0.139. The van der Waals surface area contributed by atoms with Gasteiger partial charge < -0.3 is 20.4 Å². The number of β-lactam (4-membered cyclic amide) rings is 1. The van der Waals surface area contributed by atoms with Crippen LogP contribution in [0.25, 0.3) is 0 Å². The fourth-order valence-corrected chi connectivity index (χ4v) is 5.47. The van der Waals surface area contributed by atoms with Crippen molar-refractivity contribution in [1.29, 1.82) is 0 Å². The Morgan fingerprint density at radius 1 is 1.22 bits per heavy atom. The number of hydrogen-bond acceptors (Lipinski definition) is 7. The zero-order chi connectivity index (χ0) is 22.2. The predicted octanol–water partition coefficient (Wildman–Crippen LogP) is 3.32. The zero-order valence-corrected chi connectivity index (χ0v) is 20.3. The summed E-state index contributed by atoms with van der Waals surface area (Å²) in [6.45, 7) is 4.44. The van der Waals surface area contributed by atoms with Crippen LogP contribution in [0.3, 0.4) is 0 Å². The summed E-state index contributed by atoms with van der Waals surface area (Å²) in [5.41, 5.74) is 1.90. The molecule has 2 atom stereocenters. The molecule has 3 aliphatic rings. The van der Waals surface area contributed by atoms with Gasteiger partial charge in [-0.3, -0.25) is 9.48 Å². The van der Waals surface area contributed by atoms with Crippen LogP contribution in [0.2, 0.25) is 0 Å². The summed E-state index contributed by atoms with van der Waals surface area (Å²) >= 11 is 3.52. The van der Waals surface area contributed by atoms with Gasteiger partial charge in [0.2, 0.25) is 11.9 Å². The lowest BCUT2D eigenvalue weighted by Crippen LogP contribution is -2.44. The van der Waals surface area contributed by atoms with E-state index >= 15 is 0 Å². The summed E-state index contributed by atoms with van der Waals surface area (Å²) in [6.07, 6.45) is 10.4. The van der Waals surface area contributed by atoms with Crippen LogP contribution in [-0.4, -0.2) is 74.2 Å². The van der Waals surface area contributed by atoms with Gasteiger partial charge in [-0.05, 0) is 62.0 Å². The topological polar surface area (TPSA) is 91.2 Å². The van der Waals surface area contributed by atoms with Gasteiger partial charge in [-0.15, -0.1) is 0 Å². The molecule has 0 saturated carbocycles. The van der Waals surface area contributed by atoms with Crippen molar-refractivity contribution in [2.45, 2.75) is 63.6 Å². The molecule has 3 fully saturated rings. The van der Waals surface area contributed by atoms with Crippen molar-refractivity contribution in [1.82, 2.24) is 29.5 Å². The standard InChI is InChI=1S/C22H31BrN8O/c1-14-19(13-31(28-14)17-10-15-4-5-16(11-17)29(15)2)26-22-25-12-18(23)21(27-22)24-7-3-8-30-9-6-20(30)32/h12-13,15-17H,3-11H2,1-2H3,(H2,24,25,26,27). The molecule has 10 heteroatoms. The summed E-state index contributed by atoms with van der Waals surface area (Å²) < 4.78 is 2.96. The maximum Gasteiger partial charge on any atom is 0.229 e. The Hall–Kier alpha value is -2.20. The predicted molar refractivity (Wildman–Crippen MR) is 127 cm³/mol. The van der Waals surface area contributed by atoms with Crippen LogP contribution in [0.1, 0.15) is 50.3 Å². The molecule has 5 heterocycles. The number of aryl methyl sites for hydroxylation is 1. The maximum atomic E-state index is 11.4. The van der Waals surface area contributed by atoms with Crippen molar-refractivity contribution in [2.24, 2.45) is 0 Å². The molecule has 32 heavy (non-hydrogen) atoms. The second-order valence-corrected chi connectivity index (χ2v) is 10.1. The zero-order valence-electron chi connectivity index (χ0n) is 18.7. The Bertz CT molecular complexity index is 980. The molecule has 3 saturated heterocycles. The van der Waals surface area contributed by atoms with Crippen LogP contribution in [0.5, 0.6) is 0 Å². The second kappa shape index (κ2) is 8.97. The van der Waals surface area contributed by atoms with E-state index in [9.17, 15) is 4.79 Å². The number of nitrogens with zero attached hydrogens (tertiary/aromatic N) is 6. The minimum atomic E-state index is 0.253. The van der Waals surface area contributed by atoms with Gasteiger partial charge in [0.1, 0.15) is 5.82 Å². The van der Waals surface area contributed by atoms with Crippen LogP contribution in [0, 0.1) is 6.92 Å². The minimum absolute atomic E-state index is 0.253. The van der Waals surface area contributed by atoms with Crippen molar-refractivity contribution in [2.75, 3.05) is 37.3 Å². The third kappa shape index (κ3) is 4.34. The van der Waals surface area contributed by atoms with E-state index in [4.69, 9.17) is 5.10 Å². The number of aromatic nitrogens is 4. The van der Waals surface area contributed by atoms with E-state index in [0.717, 1.165) is 47.7 Å². The van der Waals surface area contributed by atoms with Gasteiger partial charge >= 0.3 is 0 Å². The smallest absolute Gasteiger partial charge is 0.229 e. The van der Waals surface area contributed by atoms with Crippen LogP contribution in [0.4, 0.5) is 17.5 Å². The molecule has 0 radical (unpaired) electrons. The van der Waals surface area contributed by atoms with Crippen LogP contribution >= 0.6 is 15.9 Å². The van der Waals surface area contributed by atoms with E-state index < -0.39 is 0 Å². The van der Waals surface area contributed by atoms with E-state index in [2.05, 4.69) is 59.4 Å². The molecule has 3 aliphatic heterocycles. The highest BCUT2D eigenvalue weighted by Gasteiger charge is 2.39. The highest BCUT2D eigenvalue weighted by atomic mass is 79.9. The highest BCUT2D eigenvalue weighted by Crippen LogP contribution is 2.40. The molecule has 0 aliphatic carbocycles. The molecule has 5 rings (SSSR count). The molecule has 2 aromatic rings. The summed E-state index contributed by atoms with van der Waals surface area (Å²) in [4.78, 5) is 24.9. The highest BCUT2D eigenvalue weighted by molar-refractivity contribution is 9.10. The maximum absolute atomic E-state index is 11.4. The average Bonchev–Trinajstić information content (AvgIpc) is 3.21. The molecule has 2 unspecified atom stereocenters. The summed E-state index contributed by atoms with van der Waals surface area (Å²) in [5, 5.41) is 11.5. The first-order valence-electron chi connectivity index (χ1n) is 11.6. The number of carbonyl (C=O) groups is 1. The second-order valence-electron chi connectivity index (χ2n) is 9.21. The molecule has 2 bridgehead atoms. The summed E-state index contributed by atoms with van der Waals surface area (Å²) in [6, 6.07) is 1.82. The van der Waals surface area contributed by atoms with Crippen molar-refractivity contribution in [3.05, 3.63) is 22.6 Å². The summed E-state index contributed by atoms with van der Waals surface area (Å²) in [7, 11) is 2.26. The van der Waals surface area contributed by atoms with Gasteiger partial charge in [0.15, 0.2) is 0 Å². The molecular formula is C22H31BrN8O. The SMILES string of the molecule is Cc1nn(C2CC3CCC(C2)N3C)cc1Nc1ncc(Br)c(NCCCN2CCC2=O)n1. The molecule has 2 N–H and O–H groups in total. The minimum Gasteiger partial charge on any atom is -0.369 e. The first kappa shape index (κ1) is 21.6. The van der Waals surface area contributed by atoms with Crippen molar-refractivity contribution in [3.63, 3.8) is 0 Å². The van der Waals surface area contributed by atoms with E-state index in [1.807, 2.05) is 11.8 Å². The van der Waals surface area contributed by atoms with Crippen molar-refractivity contribution >= 4 is 39.3 Å². The van der Waals surface area contributed by atoms with Gasteiger partial charge in [0.25, 0.3) is 0 Å². The number of rotatable bonds is 8. The average molecular weight is 503 g/mol. The van der Waals surface area contributed by atoms with E-state index in [-0.39, 0.29) is 5.91 Å². The van der Waals surface area contributed by atoms with Gasteiger partial charge in [0, 0.05) is 50.5 Å². The van der Waals surface area contributed by atoms with Crippen LogP contribution in [0.15, 0.2) is 16.9 Å². The third-order valence-corrected chi connectivity index (χ3v) is 7.78. The Balaban J connectivity index is 1.20. The molecule has 0 aromatic carbocycles. The first-order chi connectivity index (χ1) is 15.5. The van der Waals surface area contributed by atoms with Crippen molar-refractivity contribution < 1.29 is 4.79 Å². The number of amides is 1. The number of nitrogens with one attached hydrogen (secondary N) is 2. The van der Waals surface area contributed by atoms with Gasteiger partial charge in [0.05, 0.1) is 21.9 Å². The number of anilines is 3. The molecular weight excluding hydrogens is 472 g/mol. The van der Waals surface area contributed by atoms with Crippen LogP contribution in [-0.2, 0) is 4.79 Å². The normalized spacial score (nSPS) is 25.2. The van der Waals surface area contributed by atoms with E-state index in [1.54, 1.807) is 6.20 Å². The number of fused-ring (bicyclic) bond motifs is 2. The number of likely N-dealkylation sites (tertiary alicyclic amines) is 1. The molecule has 9 nitrogen and oxygen atoms in total. The van der Waals surface area contributed by atoms with Crippen molar-refractivity contribution in [3.8, 4) is 0 Å². The van der Waals surface area contributed by atoms with Gasteiger partial charge in [-0.1, -0.05) is 0 Å². The monoisotopic (exact) mass is 502 g/mol. The van der Waals surface area contributed by atoms with E-state index in [0.29, 0.717) is 30.5 Å². The van der Waals surface area contributed by atoms with Gasteiger partial charge in [-0.25, -0.2) is 4.98 Å². The lowest BCUT2D eigenvalue weighted by atomic mass is 9.98. The Morgan fingerprint density at radius 3 is 2.69 bits per heavy atom. The lowest BCUT2D eigenvalue weighted by Gasteiger charge is -2.36. The fourth-order valence-electron chi connectivity index (χ4n) is 5.14. The molecule has 172 valence electrons. The largest absolute Gasteiger partial charge is 0.369 e. The number of hydrogen-bond donors (Lipinski definition) is 2. The Labute approximate surface area is 197 Å². The fraction of sp³-hybridized carbons (Fsp3) is 0.636. The quantitative estimate of drug-likeness (QED) is 0.422. The van der Waals surface area contributed by atoms with Crippen LogP contribution < -0.4 is 10.6 Å². The summed E-state index contributed by atoms with van der Waals surface area (Å²) in [5.74, 6) is 1.54. The number of piperidine rings is 1. The third-order valence-electron chi connectivity index (χ3n) is 7.20. The molecule has 0 spiro atoms. The van der Waals surface area contributed by atoms with Gasteiger partial charge in [-0.2, -0.15) is 10.1 Å². The number of carbonyl (C=O) groups excluding carboxylic acids is 1. The molecule has 1 amide bonds. The Kier molecular flexibility index (Phi) is 6.07.